The molecule has 2 rings (SSSR count). The van der Waals surface area contributed by atoms with E-state index in [0.717, 1.165) is 0 Å². The highest BCUT2D eigenvalue weighted by atomic mass is 16.5. The van der Waals surface area contributed by atoms with E-state index in [-0.39, 0.29) is 31.0 Å². The van der Waals surface area contributed by atoms with Crippen LogP contribution in [-0.2, 0) is 14.3 Å². The van der Waals surface area contributed by atoms with Crippen molar-refractivity contribution in [2.24, 2.45) is 5.41 Å². The Morgan fingerprint density at radius 3 is 2.76 bits per heavy atom. The zero-order valence-electron chi connectivity index (χ0n) is 12.8. The number of ketones is 1. The van der Waals surface area contributed by atoms with Crippen LogP contribution < -0.4 is 5.32 Å². The van der Waals surface area contributed by atoms with Gasteiger partial charge in [-0.1, -0.05) is 0 Å². The number of urea groups is 1. The van der Waals surface area contributed by atoms with Gasteiger partial charge >= 0.3 is 12.0 Å². The average molecular weight is 297 g/mol. The molecule has 2 aliphatic heterocycles. The Bertz CT molecular complexity index is 450. The largest absolute Gasteiger partial charge is 0.465 e. The van der Waals surface area contributed by atoms with Gasteiger partial charge in [0.25, 0.3) is 0 Å². The fourth-order valence-electron chi connectivity index (χ4n) is 2.64. The Morgan fingerprint density at radius 1 is 1.38 bits per heavy atom. The van der Waals surface area contributed by atoms with Crippen LogP contribution in [0.4, 0.5) is 4.79 Å². The quantitative estimate of drug-likeness (QED) is 0.564. The van der Waals surface area contributed by atoms with E-state index in [1.165, 1.54) is 0 Å². The monoisotopic (exact) mass is 297 g/mol. The molecule has 1 unspecified atom stereocenters. The molecule has 0 aromatic heterocycles. The van der Waals surface area contributed by atoms with Crippen molar-refractivity contribution in [3.05, 3.63) is 0 Å². The molecule has 7 heteroatoms. The van der Waals surface area contributed by atoms with Gasteiger partial charge in [0.2, 0.25) is 0 Å². The fourth-order valence-corrected chi connectivity index (χ4v) is 2.64. The first kappa shape index (κ1) is 15.8. The molecule has 1 N–H and O–H groups in total. The van der Waals surface area contributed by atoms with Crippen LogP contribution in [0, 0.1) is 5.41 Å². The lowest BCUT2D eigenvalue weighted by Gasteiger charge is -2.37. The maximum absolute atomic E-state index is 12.4. The number of amides is 2. The van der Waals surface area contributed by atoms with Crippen molar-refractivity contribution in [2.45, 2.75) is 26.8 Å². The average Bonchev–Trinajstić information content (AvgIpc) is 2.80. The summed E-state index contributed by atoms with van der Waals surface area (Å²) in [6, 6.07) is 0.0857. The molecule has 0 saturated carbocycles. The van der Waals surface area contributed by atoms with Gasteiger partial charge in [-0.3, -0.25) is 14.5 Å². The van der Waals surface area contributed by atoms with E-state index in [4.69, 9.17) is 4.74 Å². The van der Waals surface area contributed by atoms with E-state index in [1.54, 1.807) is 25.7 Å². The van der Waals surface area contributed by atoms with E-state index in [9.17, 15) is 14.4 Å². The third-order valence-corrected chi connectivity index (χ3v) is 4.17. The van der Waals surface area contributed by atoms with Gasteiger partial charge in [-0.15, -0.1) is 0 Å². The first-order valence-corrected chi connectivity index (χ1v) is 7.33. The summed E-state index contributed by atoms with van der Waals surface area (Å²) in [7, 11) is 0. The minimum atomic E-state index is -1.13. The highest BCUT2D eigenvalue weighted by Gasteiger charge is 2.40. The summed E-state index contributed by atoms with van der Waals surface area (Å²) >= 11 is 0. The number of nitrogens with zero attached hydrogens (tertiary/aromatic N) is 2. The number of carbonyl (C=O) groups is 3. The summed E-state index contributed by atoms with van der Waals surface area (Å²) in [5.41, 5.74) is -1.13. The molecular formula is C14H23N3O4. The molecule has 1 atom stereocenters. The second-order valence-electron chi connectivity index (χ2n) is 6.04. The van der Waals surface area contributed by atoms with E-state index >= 15 is 0 Å². The van der Waals surface area contributed by atoms with Crippen molar-refractivity contribution in [3.8, 4) is 0 Å². The van der Waals surface area contributed by atoms with Crippen LogP contribution in [0.15, 0.2) is 0 Å². The molecule has 7 nitrogen and oxygen atoms in total. The number of piperazine rings is 1. The minimum Gasteiger partial charge on any atom is -0.465 e. The molecule has 0 radical (unpaired) electrons. The van der Waals surface area contributed by atoms with E-state index in [0.29, 0.717) is 26.2 Å². The lowest BCUT2D eigenvalue weighted by molar-refractivity contribution is -0.158. The molecule has 2 fully saturated rings. The van der Waals surface area contributed by atoms with Gasteiger partial charge in [0.15, 0.2) is 5.78 Å². The smallest absolute Gasteiger partial charge is 0.319 e. The number of rotatable bonds is 5. The van der Waals surface area contributed by atoms with Gasteiger partial charge in [-0.2, -0.15) is 0 Å². The molecule has 2 heterocycles. The molecule has 2 saturated heterocycles. The summed E-state index contributed by atoms with van der Waals surface area (Å²) in [6.07, 6.45) is 0. The molecule has 21 heavy (non-hydrogen) atoms. The van der Waals surface area contributed by atoms with Gasteiger partial charge in [-0.25, -0.2) is 4.79 Å². The van der Waals surface area contributed by atoms with Crippen molar-refractivity contribution >= 4 is 17.8 Å². The summed E-state index contributed by atoms with van der Waals surface area (Å²) < 4.78 is 4.96. The normalized spacial score (nSPS) is 22.7. The van der Waals surface area contributed by atoms with Crippen LogP contribution in [0.2, 0.25) is 0 Å². The van der Waals surface area contributed by atoms with Gasteiger partial charge < -0.3 is 15.0 Å². The Kier molecular flexibility index (Phi) is 4.51. The van der Waals surface area contributed by atoms with Gasteiger partial charge in [0.05, 0.1) is 19.2 Å². The highest BCUT2D eigenvalue weighted by molar-refractivity contribution is 6.03. The summed E-state index contributed by atoms with van der Waals surface area (Å²) in [5, 5.41) is 2.80. The number of Topliss-reactive ketones (excluding diaryl/α,β-unsaturated/α-hetero) is 1. The SMILES string of the molecule is CCOC(=O)C(C)(C)C(=O)CN1CCN2C(=O)NCC2C1. The number of carbonyl (C=O) groups excluding carboxylic acids is 3. The predicted octanol–water partition coefficient (Wildman–Crippen LogP) is -0.146. The summed E-state index contributed by atoms with van der Waals surface area (Å²) in [5.74, 6) is -0.627. The van der Waals surface area contributed by atoms with Crippen LogP contribution in [0.3, 0.4) is 0 Å². The number of nitrogens with one attached hydrogen (secondary N) is 1. The standard InChI is InChI=1S/C14H23N3O4/c1-4-21-12(19)14(2,3)11(18)9-16-5-6-17-10(8-16)7-15-13(17)20/h10H,4-9H2,1-3H3,(H,15,20). The molecule has 0 bridgehead atoms. The van der Waals surface area contributed by atoms with Crippen LogP contribution in [0.25, 0.3) is 0 Å². The molecule has 0 spiro atoms. The number of ether oxygens (including phenoxy) is 1. The maximum atomic E-state index is 12.4. The number of hydrogen-bond acceptors (Lipinski definition) is 5. The van der Waals surface area contributed by atoms with Crippen LogP contribution in [0.5, 0.6) is 0 Å². The second kappa shape index (κ2) is 6.01. The second-order valence-corrected chi connectivity index (χ2v) is 6.04. The zero-order chi connectivity index (χ0) is 15.6. The van der Waals surface area contributed by atoms with Crippen molar-refractivity contribution in [3.63, 3.8) is 0 Å². The van der Waals surface area contributed by atoms with E-state index in [1.807, 2.05) is 4.90 Å². The summed E-state index contributed by atoms with van der Waals surface area (Å²) in [6.45, 7) is 7.94. The third kappa shape index (κ3) is 3.18. The van der Waals surface area contributed by atoms with Gasteiger partial charge in [0.1, 0.15) is 5.41 Å². The molecule has 2 aliphatic rings. The highest BCUT2D eigenvalue weighted by Crippen LogP contribution is 2.21. The molecule has 0 aromatic rings. The molecule has 118 valence electrons. The van der Waals surface area contributed by atoms with Gasteiger partial charge in [-0.05, 0) is 20.8 Å². The zero-order valence-corrected chi connectivity index (χ0v) is 12.8. The third-order valence-electron chi connectivity index (χ3n) is 4.17. The predicted molar refractivity (Wildman–Crippen MR) is 75.8 cm³/mol. The summed E-state index contributed by atoms with van der Waals surface area (Å²) in [4.78, 5) is 39.5. The number of fused-ring (bicyclic) bond motifs is 1. The van der Waals surface area contributed by atoms with Crippen molar-refractivity contribution in [2.75, 3.05) is 39.3 Å². The molecule has 2 amide bonds. The Balaban J connectivity index is 1.91. The minimum absolute atomic E-state index is 0.0298. The van der Waals surface area contributed by atoms with Crippen molar-refractivity contribution in [1.29, 1.82) is 0 Å². The molecule has 0 aromatic carbocycles. The van der Waals surface area contributed by atoms with E-state index in [2.05, 4.69) is 5.32 Å². The van der Waals surface area contributed by atoms with Crippen LogP contribution in [-0.4, -0.2) is 73.0 Å². The maximum Gasteiger partial charge on any atom is 0.319 e. The lowest BCUT2D eigenvalue weighted by atomic mass is 9.87. The number of esters is 1. The lowest BCUT2D eigenvalue weighted by Crippen LogP contribution is -2.54. The first-order valence-electron chi connectivity index (χ1n) is 7.33. The first-order chi connectivity index (χ1) is 9.86. The Labute approximate surface area is 124 Å². The number of hydrogen-bond donors (Lipinski definition) is 1. The fraction of sp³-hybridized carbons (Fsp3) is 0.786. The molecule has 0 aliphatic carbocycles. The Hall–Kier alpha value is -1.63. The Morgan fingerprint density at radius 2 is 2.10 bits per heavy atom. The van der Waals surface area contributed by atoms with Crippen LogP contribution >= 0.6 is 0 Å². The van der Waals surface area contributed by atoms with Crippen LogP contribution in [0.1, 0.15) is 20.8 Å². The van der Waals surface area contributed by atoms with Crippen molar-refractivity contribution < 1.29 is 19.1 Å². The topological polar surface area (TPSA) is 79.0 Å². The van der Waals surface area contributed by atoms with Crippen molar-refractivity contribution in [1.82, 2.24) is 15.1 Å². The van der Waals surface area contributed by atoms with E-state index < -0.39 is 11.4 Å². The molecular weight excluding hydrogens is 274 g/mol. The van der Waals surface area contributed by atoms with Gasteiger partial charge in [0, 0.05) is 26.2 Å².